The Labute approximate surface area is 235 Å². The first-order valence-electron chi connectivity index (χ1n) is 13.0. The third-order valence-corrected chi connectivity index (χ3v) is 6.88. The van der Waals surface area contributed by atoms with Crippen LogP contribution in [0, 0.1) is 0 Å². The average molecular weight is 551 g/mol. The largest absolute Gasteiger partial charge is 0.465 e. The lowest BCUT2D eigenvalue weighted by Gasteiger charge is -2.29. The van der Waals surface area contributed by atoms with E-state index in [1.165, 1.54) is 12.0 Å². The van der Waals surface area contributed by atoms with Crippen molar-refractivity contribution in [3.05, 3.63) is 83.7 Å². The number of benzene rings is 2. The van der Waals surface area contributed by atoms with Gasteiger partial charge >= 0.3 is 12.1 Å². The molecule has 0 saturated carbocycles. The van der Waals surface area contributed by atoms with Gasteiger partial charge in [-0.1, -0.05) is 50.2 Å². The first-order valence-corrected chi connectivity index (χ1v) is 13.9. The van der Waals surface area contributed by atoms with E-state index < -0.39 is 17.8 Å². The summed E-state index contributed by atoms with van der Waals surface area (Å²) in [6.45, 7) is 10.1. The molecular weight excluding hydrogens is 512 g/mol. The number of amides is 1. The fourth-order valence-corrected chi connectivity index (χ4v) is 4.91. The number of ether oxygens (including phenoxy) is 2. The number of rotatable bonds is 10. The number of esters is 1. The Morgan fingerprint density at radius 3 is 2.33 bits per heavy atom. The van der Waals surface area contributed by atoms with Crippen molar-refractivity contribution >= 4 is 23.8 Å². The zero-order valence-corrected chi connectivity index (χ0v) is 24.3. The lowest BCUT2D eigenvalue weighted by atomic mass is 10.0. The highest BCUT2D eigenvalue weighted by Gasteiger charge is 2.24. The van der Waals surface area contributed by atoms with Crippen LogP contribution in [0.1, 0.15) is 62.2 Å². The molecule has 2 aromatic carbocycles. The molecular formula is C31H38N2O5S. The highest BCUT2D eigenvalue weighted by Crippen LogP contribution is 2.32. The van der Waals surface area contributed by atoms with Crippen molar-refractivity contribution in [2.24, 2.45) is 0 Å². The maximum absolute atomic E-state index is 12.9. The van der Waals surface area contributed by atoms with Crippen molar-refractivity contribution < 1.29 is 24.2 Å². The summed E-state index contributed by atoms with van der Waals surface area (Å²) in [6, 6.07) is 17.4. The molecule has 0 spiro atoms. The van der Waals surface area contributed by atoms with Gasteiger partial charge in [0.1, 0.15) is 5.60 Å². The molecule has 8 heteroatoms. The van der Waals surface area contributed by atoms with Gasteiger partial charge < -0.3 is 19.5 Å². The maximum atomic E-state index is 12.9. The summed E-state index contributed by atoms with van der Waals surface area (Å²) < 4.78 is 10.6. The van der Waals surface area contributed by atoms with Gasteiger partial charge in [0.25, 0.3) is 0 Å². The summed E-state index contributed by atoms with van der Waals surface area (Å²) in [5.41, 5.74) is 3.64. The van der Waals surface area contributed by atoms with E-state index in [1.807, 2.05) is 63.2 Å². The van der Waals surface area contributed by atoms with Gasteiger partial charge in [0, 0.05) is 34.6 Å². The van der Waals surface area contributed by atoms with Crippen molar-refractivity contribution in [2.75, 3.05) is 20.2 Å². The average Bonchev–Trinajstić information content (AvgIpc) is 2.90. The molecule has 0 unspecified atom stereocenters. The number of carbonyl (C=O) groups is 2. The van der Waals surface area contributed by atoms with Crippen LogP contribution in [-0.4, -0.2) is 58.1 Å². The molecule has 0 radical (unpaired) electrons. The van der Waals surface area contributed by atoms with E-state index in [-0.39, 0.29) is 12.5 Å². The predicted octanol–water partition coefficient (Wildman–Crippen LogP) is 6.55. The monoisotopic (exact) mass is 550 g/mol. The van der Waals surface area contributed by atoms with Crippen LogP contribution in [0.4, 0.5) is 4.79 Å². The Morgan fingerprint density at radius 2 is 1.74 bits per heavy atom. The third kappa shape index (κ3) is 9.11. The summed E-state index contributed by atoms with van der Waals surface area (Å²) in [5.74, 6) is -0.344. The zero-order chi connectivity index (χ0) is 28.6. The smallest absolute Gasteiger partial charge is 0.410 e. The normalized spacial score (nSPS) is 12.2. The number of hydrogen-bond acceptors (Lipinski definition) is 7. The van der Waals surface area contributed by atoms with Gasteiger partial charge in [0.2, 0.25) is 0 Å². The lowest BCUT2D eigenvalue weighted by Crippen LogP contribution is -2.40. The lowest BCUT2D eigenvalue weighted by molar-refractivity contribution is 0.0146. The molecule has 1 amide bonds. The zero-order valence-electron chi connectivity index (χ0n) is 23.5. The topological polar surface area (TPSA) is 89.0 Å². The molecule has 3 rings (SSSR count). The molecule has 3 aromatic rings. The molecule has 208 valence electrons. The Morgan fingerprint density at radius 1 is 1.05 bits per heavy atom. The molecule has 0 aliphatic heterocycles. The first kappa shape index (κ1) is 30.2. The number of hydrogen-bond donors (Lipinski definition) is 1. The van der Waals surface area contributed by atoms with E-state index in [1.54, 1.807) is 36.3 Å². The van der Waals surface area contributed by atoms with Crippen LogP contribution < -0.4 is 0 Å². The van der Waals surface area contributed by atoms with Crippen molar-refractivity contribution in [1.82, 2.24) is 9.88 Å². The van der Waals surface area contributed by atoms with Gasteiger partial charge in [-0.3, -0.25) is 4.98 Å². The highest BCUT2D eigenvalue weighted by atomic mass is 32.2. The molecule has 1 N–H and O–H groups in total. The quantitative estimate of drug-likeness (QED) is 0.226. The molecule has 1 atom stereocenters. The van der Waals surface area contributed by atoms with Crippen LogP contribution in [0.5, 0.6) is 0 Å². The van der Waals surface area contributed by atoms with Crippen molar-refractivity contribution in [1.29, 1.82) is 0 Å². The van der Waals surface area contributed by atoms with Crippen LogP contribution in [-0.2, 0) is 15.9 Å². The fourth-order valence-electron chi connectivity index (χ4n) is 3.93. The fraction of sp³-hybridized carbons (Fsp3) is 0.387. The Balaban J connectivity index is 1.75. The van der Waals surface area contributed by atoms with Crippen LogP contribution >= 0.6 is 11.8 Å². The second-order valence-electron chi connectivity index (χ2n) is 10.5. The number of nitrogens with zero attached hydrogens (tertiary/aromatic N) is 2. The summed E-state index contributed by atoms with van der Waals surface area (Å²) in [5, 5.41) is 11.0. The van der Waals surface area contributed by atoms with E-state index in [0.29, 0.717) is 29.3 Å². The molecule has 0 aliphatic rings. The molecule has 1 aromatic heterocycles. The molecule has 1 heterocycles. The second-order valence-corrected chi connectivity index (χ2v) is 12.2. The molecule has 0 saturated heterocycles. The van der Waals surface area contributed by atoms with Crippen molar-refractivity contribution in [3.8, 4) is 11.1 Å². The number of carbonyl (C=O) groups excluding carboxylic acids is 2. The van der Waals surface area contributed by atoms with E-state index in [9.17, 15) is 14.7 Å². The maximum Gasteiger partial charge on any atom is 0.410 e. The van der Waals surface area contributed by atoms with E-state index in [0.717, 1.165) is 21.6 Å². The summed E-state index contributed by atoms with van der Waals surface area (Å²) >= 11 is 1.63. The van der Waals surface area contributed by atoms with Gasteiger partial charge in [-0.15, -0.1) is 11.8 Å². The van der Waals surface area contributed by atoms with Gasteiger partial charge in [0.05, 0.1) is 25.3 Å². The molecule has 0 bridgehead atoms. The van der Waals surface area contributed by atoms with E-state index >= 15 is 0 Å². The number of pyridine rings is 1. The molecule has 7 nitrogen and oxygen atoms in total. The number of aromatic nitrogens is 1. The second kappa shape index (κ2) is 13.6. The third-order valence-electron chi connectivity index (χ3n) is 5.82. The van der Waals surface area contributed by atoms with Crippen molar-refractivity contribution in [3.63, 3.8) is 0 Å². The standard InChI is InChI=1S/C31H38N2O5S/c1-21(2)39-28-18-24(13-14-26(28)29(35)37-6)23-11-9-22(10-12-23)15-17-33(30(36)38-31(3,4)5)20-27(34)25-8-7-16-32-19-25/h7-14,16,18-19,21,27,34H,15,17,20H2,1-6H3/t27-/m0/s1. The van der Waals surface area contributed by atoms with E-state index in [2.05, 4.69) is 18.8 Å². The Bertz CT molecular complexity index is 1240. The minimum atomic E-state index is -0.875. The van der Waals surface area contributed by atoms with Gasteiger partial charge in [0.15, 0.2) is 0 Å². The van der Waals surface area contributed by atoms with Crippen LogP contribution in [0.25, 0.3) is 11.1 Å². The van der Waals surface area contributed by atoms with Crippen LogP contribution in [0.3, 0.4) is 0 Å². The predicted molar refractivity (Wildman–Crippen MR) is 155 cm³/mol. The van der Waals surface area contributed by atoms with Gasteiger partial charge in [-0.2, -0.15) is 0 Å². The summed E-state index contributed by atoms with van der Waals surface area (Å²) in [6.07, 6.45) is 2.49. The Hall–Kier alpha value is -3.36. The summed E-state index contributed by atoms with van der Waals surface area (Å²) in [7, 11) is 1.39. The minimum Gasteiger partial charge on any atom is -0.465 e. The highest BCUT2D eigenvalue weighted by molar-refractivity contribution is 8.00. The molecule has 0 fully saturated rings. The molecule has 39 heavy (non-hydrogen) atoms. The SMILES string of the molecule is COC(=O)c1ccc(-c2ccc(CCN(C[C@H](O)c3cccnc3)C(=O)OC(C)(C)C)cc2)cc1SC(C)C. The molecule has 0 aliphatic carbocycles. The number of aliphatic hydroxyl groups is 1. The van der Waals surface area contributed by atoms with Gasteiger partial charge in [-0.05, 0) is 62.1 Å². The summed E-state index contributed by atoms with van der Waals surface area (Å²) in [4.78, 5) is 31.6. The Kier molecular flexibility index (Phi) is 10.5. The number of methoxy groups -OCH3 is 1. The van der Waals surface area contributed by atoms with Crippen molar-refractivity contribution in [2.45, 2.75) is 62.9 Å². The van der Waals surface area contributed by atoms with Crippen LogP contribution in [0.15, 0.2) is 71.9 Å². The number of thioether (sulfide) groups is 1. The van der Waals surface area contributed by atoms with E-state index in [4.69, 9.17) is 9.47 Å². The van der Waals surface area contributed by atoms with Crippen LogP contribution in [0.2, 0.25) is 0 Å². The van der Waals surface area contributed by atoms with Gasteiger partial charge in [-0.25, -0.2) is 9.59 Å². The first-order chi connectivity index (χ1) is 18.5. The number of aliphatic hydroxyl groups excluding tert-OH is 1. The minimum absolute atomic E-state index is 0.0987.